The number of rotatable bonds is 13. The van der Waals surface area contributed by atoms with Gasteiger partial charge in [-0.3, -0.25) is 9.59 Å². The summed E-state index contributed by atoms with van der Waals surface area (Å²) in [5.74, 6) is -0.683. The van der Waals surface area contributed by atoms with Crippen LogP contribution >= 0.6 is 23.2 Å². The van der Waals surface area contributed by atoms with Gasteiger partial charge in [-0.05, 0) is 42.8 Å². The van der Waals surface area contributed by atoms with Gasteiger partial charge < -0.3 is 10.3 Å². The first kappa shape index (κ1) is 28.2. The number of nitrogens with one attached hydrogen (secondary N) is 2. The van der Waals surface area contributed by atoms with Gasteiger partial charge in [-0.2, -0.15) is 0 Å². The summed E-state index contributed by atoms with van der Waals surface area (Å²) in [5, 5.41) is 3.45. The number of halogens is 2. The Morgan fingerprint density at radius 1 is 1.03 bits per heavy atom. The van der Waals surface area contributed by atoms with E-state index in [-0.39, 0.29) is 27.9 Å². The summed E-state index contributed by atoms with van der Waals surface area (Å²) < 4.78 is 24.8. The monoisotopic (exact) mass is 551 g/mol. The number of aromatic amines is 1. The number of hydrogen-bond donors (Lipinski definition) is 2. The Bertz CT molecular complexity index is 1340. The van der Waals surface area contributed by atoms with E-state index < -0.39 is 21.8 Å². The van der Waals surface area contributed by atoms with Crippen molar-refractivity contribution in [1.29, 1.82) is 0 Å². The average Bonchev–Trinajstić information content (AvgIpc) is 3.26. The summed E-state index contributed by atoms with van der Waals surface area (Å²) >= 11 is 12.4. The van der Waals surface area contributed by atoms with Gasteiger partial charge in [0.25, 0.3) is 5.91 Å². The Hall–Kier alpha value is -2.42. The topological polar surface area (TPSA) is 109 Å². The van der Waals surface area contributed by atoms with Gasteiger partial charge in [-0.25, -0.2) is 13.4 Å². The lowest BCUT2D eigenvalue weighted by Gasteiger charge is -2.17. The molecule has 2 aromatic carbocycles. The molecule has 0 aliphatic carbocycles. The van der Waals surface area contributed by atoms with E-state index in [4.69, 9.17) is 23.2 Å². The number of unbranched alkanes of at least 4 members (excludes halogenated alkanes) is 4. The maximum atomic E-state index is 13.1. The van der Waals surface area contributed by atoms with E-state index in [2.05, 4.69) is 22.2 Å². The van der Waals surface area contributed by atoms with Crippen molar-refractivity contribution in [3.63, 3.8) is 0 Å². The number of carbonyl (C=O) groups is 2. The Morgan fingerprint density at radius 3 is 2.47 bits per heavy atom. The largest absolute Gasteiger partial charge is 0.341 e. The molecule has 1 aromatic heterocycles. The van der Waals surface area contributed by atoms with Gasteiger partial charge in [0.2, 0.25) is 0 Å². The minimum absolute atomic E-state index is 0.0590. The molecule has 1 heterocycles. The predicted molar refractivity (Wildman–Crippen MR) is 145 cm³/mol. The van der Waals surface area contributed by atoms with Gasteiger partial charge in [0, 0.05) is 28.3 Å². The second kappa shape index (κ2) is 12.7. The highest BCUT2D eigenvalue weighted by Crippen LogP contribution is 2.24. The van der Waals surface area contributed by atoms with Gasteiger partial charge in [-0.15, -0.1) is 0 Å². The van der Waals surface area contributed by atoms with Crippen LogP contribution in [0, 0.1) is 0 Å². The molecule has 1 unspecified atom stereocenters. The molecular weight excluding hydrogens is 521 g/mol. The lowest BCUT2D eigenvalue weighted by molar-refractivity contribution is 0.0936. The average molecular weight is 553 g/mol. The molecular formula is C26H31Cl2N3O4S. The maximum Gasteiger partial charge on any atom is 0.251 e. The fourth-order valence-corrected chi connectivity index (χ4v) is 5.32. The third kappa shape index (κ3) is 7.54. The zero-order chi connectivity index (χ0) is 26.3. The predicted octanol–water partition coefficient (Wildman–Crippen LogP) is 6.32. The van der Waals surface area contributed by atoms with Gasteiger partial charge in [-0.1, -0.05) is 62.7 Å². The number of amides is 1. The number of benzene rings is 2. The van der Waals surface area contributed by atoms with Crippen molar-refractivity contribution in [2.75, 3.05) is 11.5 Å². The van der Waals surface area contributed by atoms with Crippen molar-refractivity contribution in [3.05, 3.63) is 63.4 Å². The third-order valence-corrected chi connectivity index (χ3v) is 8.27. The lowest BCUT2D eigenvalue weighted by atomic mass is 10.0. The number of sulfone groups is 1. The highest BCUT2D eigenvalue weighted by atomic mass is 35.5. The van der Waals surface area contributed by atoms with Crippen LogP contribution in [0.1, 0.15) is 85.0 Å². The molecule has 0 aliphatic rings. The van der Waals surface area contributed by atoms with E-state index in [1.54, 1.807) is 31.2 Å². The minimum Gasteiger partial charge on any atom is -0.341 e. The Balaban J connectivity index is 1.77. The number of Topliss-reactive ketones (excluding diaryl/α,β-unsaturated/α-hetero) is 1. The molecule has 36 heavy (non-hydrogen) atoms. The van der Waals surface area contributed by atoms with Crippen LogP contribution in [0.3, 0.4) is 0 Å². The van der Waals surface area contributed by atoms with E-state index in [1.165, 1.54) is 12.1 Å². The number of imidazole rings is 1. The zero-order valence-electron chi connectivity index (χ0n) is 20.4. The summed E-state index contributed by atoms with van der Waals surface area (Å²) in [4.78, 5) is 33.2. The number of H-pyrrole nitrogens is 1. The first-order chi connectivity index (χ1) is 17.1. The molecule has 0 fully saturated rings. The van der Waals surface area contributed by atoms with Crippen molar-refractivity contribution in [1.82, 2.24) is 15.3 Å². The second-order valence-electron chi connectivity index (χ2n) is 8.79. The van der Waals surface area contributed by atoms with Crippen LogP contribution < -0.4 is 5.32 Å². The molecule has 2 N–H and O–H groups in total. The molecule has 0 bridgehead atoms. The summed E-state index contributed by atoms with van der Waals surface area (Å²) in [6, 6.07) is 8.66. The molecule has 0 radical (unpaired) electrons. The van der Waals surface area contributed by atoms with Crippen LogP contribution in [-0.4, -0.2) is 41.6 Å². The standard InChI is InChI=1S/C26H31Cl2N3O4S/c1-3-5-6-7-8-9-24(32)19-12-10-17(14-20(19)28)26(33)31-23(16-36(34,35)4-2)25-29-21-13-11-18(27)15-22(21)30-25/h10-15,23H,3-9,16H2,1-2H3,(H,29,30)(H,31,33). The van der Waals surface area contributed by atoms with Crippen molar-refractivity contribution in [2.45, 2.75) is 58.4 Å². The van der Waals surface area contributed by atoms with Crippen LogP contribution in [-0.2, 0) is 9.84 Å². The molecule has 194 valence electrons. The maximum absolute atomic E-state index is 13.1. The Morgan fingerprint density at radius 2 is 1.78 bits per heavy atom. The molecule has 10 heteroatoms. The molecule has 1 amide bonds. The first-order valence-corrected chi connectivity index (χ1v) is 14.7. The molecule has 3 rings (SSSR count). The van der Waals surface area contributed by atoms with Gasteiger partial charge >= 0.3 is 0 Å². The number of carbonyl (C=O) groups excluding carboxylic acids is 2. The SMILES string of the molecule is CCCCCCCC(=O)c1ccc(C(=O)NC(CS(=O)(=O)CC)c2nc3ccc(Cl)cc3[nH]2)cc1Cl. The van der Waals surface area contributed by atoms with Crippen molar-refractivity contribution < 1.29 is 18.0 Å². The number of hydrogen-bond acceptors (Lipinski definition) is 5. The first-order valence-electron chi connectivity index (χ1n) is 12.1. The summed E-state index contributed by atoms with van der Waals surface area (Å²) in [5.41, 5.74) is 1.83. The highest BCUT2D eigenvalue weighted by molar-refractivity contribution is 7.91. The fourth-order valence-electron chi connectivity index (χ4n) is 3.88. The number of aromatic nitrogens is 2. The molecule has 3 aromatic rings. The van der Waals surface area contributed by atoms with Gasteiger partial charge in [0.15, 0.2) is 15.6 Å². The minimum atomic E-state index is -3.45. The molecule has 7 nitrogen and oxygen atoms in total. The number of fused-ring (bicyclic) bond motifs is 1. The van der Waals surface area contributed by atoms with E-state index in [0.717, 1.165) is 32.1 Å². The van der Waals surface area contributed by atoms with Crippen LogP contribution in [0.2, 0.25) is 10.0 Å². The van der Waals surface area contributed by atoms with E-state index in [9.17, 15) is 18.0 Å². The summed E-state index contributed by atoms with van der Waals surface area (Å²) in [6.45, 7) is 3.69. The van der Waals surface area contributed by atoms with Crippen LogP contribution in [0.5, 0.6) is 0 Å². The van der Waals surface area contributed by atoms with E-state index in [1.807, 2.05) is 0 Å². The van der Waals surface area contributed by atoms with E-state index in [0.29, 0.717) is 33.9 Å². The smallest absolute Gasteiger partial charge is 0.251 e. The number of nitrogens with zero attached hydrogens (tertiary/aromatic N) is 1. The molecule has 0 saturated heterocycles. The number of ketones is 1. The second-order valence-corrected chi connectivity index (χ2v) is 12.0. The van der Waals surface area contributed by atoms with Crippen molar-refractivity contribution in [2.24, 2.45) is 0 Å². The van der Waals surface area contributed by atoms with Crippen LogP contribution in [0.4, 0.5) is 0 Å². The normalized spacial score (nSPS) is 12.6. The Labute approximate surface area is 221 Å². The molecule has 0 spiro atoms. The summed E-state index contributed by atoms with van der Waals surface area (Å²) in [7, 11) is -3.45. The Kier molecular flexibility index (Phi) is 9.93. The van der Waals surface area contributed by atoms with Gasteiger partial charge in [0.05, 0.1) is 21.8 Å². The quantitative estimate of drug-likeness (QED) is 0.191. The molecule has 0 aliphatic heterocycles. The highest BCUT2D eigenvalue weighted by Gasteiger charge is 2.25. The van der Waals surface area contributed by atoms with Crippen molar-refractivity contribution >= 4 is 55.8 Å². The van der Waals surface area contributed by atoms with E-state index >= 15 is 0 Å². The third-order valence-electron chi connectivity index (χ3n) is 6.00. The van der Waals surface area contributed by atoms with Crippen LogP contribution in [0.25, 0.3) is 11.0 Å². The zero-order valence-corrected chi connectivity index (χ0v) is 22.8. The van der Waals surface area contributed by atoms with Crippen LogP contribution in [0.15, 0.2) is 36.4 Å². The van der Waals surface area contributed by atoms with Gasteiger partial charge in [0.1, 0.15) is 11.9 Å². The van der Waals surface area contributed by atoms with Crippen molar-refractivity contribution in [3.8, 4) is 0 Å². The molecule has 0 saturated carbocycles. The lowest BCUT2D eigenvalue weighted by Crippen LogP contribution is -2.34. The fraction of sp³-hybridized carbons (Fsp3) is 0.423. The molecule has 1 atom stereocenters. The summed E-state index contributed by atoms with van der Waals surface area (Å²) in [6.07, 6.45) is 5.59.